The summed E-state index contributed by atoms with van der Waals surface area (Å²) in [4.78, 5) is 0. The van der Waals surface area contributed by atoms with E-state index in [4.69, 9.17) is 4.55 Å². The van der Waals surface area contributed by atoms with E-state index >= 15 is 0 Å². The van der Waals surface area contributed by atoms with Crippen molar-refractivity contribution in [1.82, 2.24) is 0 Å². The van der Waals surface area contributed by atoms with Gasteiger partial charge in [0.2, 0.25) is 11.1 Å². The summed E-state index contributed by atoms with van der Waals surface area (Å²) in [7, 11) is 0. The molecule has 0 rings (SSSR count). The van der Waals surface area contributed by atoms with Crippen LogP contribution in [0.5, 0.6) is 0 Å². The summed E-state index contributed by atoms with van der Waals surface area (Å²) in [6, 6.07) is 0. The number of hydrogen-bond donors (Lipinski definition) is 1. The largest absolute Gasteiger partial charge is 0.441 e. The number of hydrogen-bond acceptors (Lipinski definition) is 1. The first-order valence-electron chi connectivity index (χ1n) is 3.63. The van der Waals surface area contributed by atoms with Gasteiger partial charge in [0.25, 0.3) is 0 Å². The van der Waals surface area contributed by atoms with Gasteiger partial charge in [-0.2, -0.15) is 39.5 Å². The van der Waals surface area contributed by atoms with Gasteiger partial charge in [-0.05, 0) is 0 Å². The Morgan fingerprint density at radius 3 is 0.947 bits per heavy atom. The molecule has 0 aromatic carbocycles. The molecule has 14 heteroatoms. The van der Waals surface area contributed by atoms with Gasteiger partial charge in [-0.1, -0.05) is 0 Å². The van der Waals surface area contributed by atoms with Crippen LogP contribution in [0.3, 0.4) is 0 Å². The van der Waals surface area contributed by atoms with Gasteiger partial charge in [0.15, 0.2) is 0 Å². The van der Waals surface area contributed by atoms with Crippen LogP contribution in [0.15, 0.2) is 0 Å². The summed E-state index contributed by atoms with van der Waals surface area (Å²) >= 11 is -5.51. The molecule has 2 atom stereocenters. The lowest BCUT2D eigenvalue weighted by atomic mass is 9.97. The Kier molecular flexibility index (Phi) is 4.27. The van der Waals surface area contributed by atoms with E-state index in [0.717, 1.165) is 0 Å². The van der Waals surface area contributed by atoms with E-state index < -0.39 is 40.3 Å². The zero-order valence-electron chi connectivity index (χ0n) is 7.92. The highest BCUT2D eigenvalue weighted by Gasteiger charge is 2.92. The molecule has 1 N–H and O–H groups in total. The minimum absolute atomic E-state index is 5.51. The zero-order chi connectivity index (χ0) is 16.1. The van der Waals surface area contributed by atoms with Crippen LogP contribution < -0.4 is 0 Å². The van der Waals surface area contributed by atoms with Crippen molar-refractivity contribution in [3.63, 3.8) is 0 Å². The first-order chi connectivity index (χ1) is 7.94. The van der Waals surface area contributed by atoms with Crippen molar-refractivity contribution in [2.24, 2.45) is 0 Å². The molecule has 0 aliphatic rings. The van der Waals surface area contributed by atoms with Crippen molar-refractivity contribution >= 4 is 11.1 Å². The number of halogens is 11. The van der Waals surface area contributed by atoms with Crippen LogP contribution in [0.1, 0.15) is 0 Å². The fourth-order valence-corrected chi connectivity index (χ4v) is 1.61. The maximum atomic E-state index is 13.0. The second kappa shape index (κ2) is 4.43. The van der Waals surface area contributed by atoms with E-state index in [1.165, 1.54) is 0 Å². The van der Waals surface area contributed by atoms with Crippen molar-refractivity contribution in [1.29, 1.82) is 0 Å². The SMILES string of the molecule is O=S(O)C(F)(C(F)(F)F)C(F)(C(F)(F)F)C(F)(F)F. The number of rotatable bonds is 2. The van der Waals surface area contributed by atoms with Gasteiger partial charge in [-0.25, -0.2) is 13.0 Å². The van der Waals surface area contributed by atoms with E-state index in [2.05, 4.69) is 0 Å². The highest BCUT2D eigenvalue weighted by atomic mass is 32.2. The maximum Gasteiger partial charge on any atom is 0.441 e. The Labute approximate surface area is 98.4 Å². The minimum atomic E-state index is -7.61. The first-order valence-corrected chi connectivity index (χ1v) is 4.74. The Bertz CT molecular complexity index is 353. The summed E-state index contributed by atoms with van der Waals surface area (Å²) in [5.74, 6) is 0. The summed E-state index contributed by atoms with van der Waals surface area (Å²) in [5, 5.41) is -7.13. The molecule has 2 unspecified atom stereocenters. The van der Waals surface area contributed by atoms with Crippen molar-refractivity contribution in [3.8, 4) is 0 Å². The molecular weight excluding hydrogens is 333 g/mol. The van der Waals surface area contributed by atoms with Crippen LogP contribution in [0.25, 0.3) is 0 Å². The molecule has 0 amide bonds. The fourth-order valence-electron chi connectivity index (χ4n) is 0.940. The second-order valence-corrected chi connectivity index (χ2v) is 4.06. The van der Waals surface area contributed by atoms with Crippen molar-refractivity contribution < 1.29 is 57.1 Å². The normalized spacial score (nSPS) is 20.0. The van der Waals surface area contributed by atoms with Crippen LogP contribution in [0.4, 0.5) is 48.3 Å². The zero-order valence-corrected chi connectivity index (χ0v) is 8.74. The van der Waals surface area contributed by atoms with Gasteiger partial charge >= 0.3 is 29.2 Å². The van der Waals surface area contributed by atoms with Gasteiger partial charge in [0.1, 0.15) is 0 Å². The van der Waals surface area contributed by atoms with Crippen molar-refractivity contribution in [2.75, 3.05) is 0 Å². The molecule has 0 radical (unpaired) electrons. The van der Waals surface area contributed by atoms with Crippen molar-refractivity contribution in [3.05, 3.63) is 0 Å². The summed E-state index contributed by atoms with van der Waals surface area (Å²) in [5.41, 5.74) is -7.61. The molecule has 0 aliphatic carbocycles. The molecule has 0 bridgehead atoms. The molecule has 0 aromatic rings. The number of alkyl halides is 11. The Morgan fingerprint density at radius 2 is 0.895 bits per heavy atom. The van der Waals surface area contributed by atoms with Crippen LogP contribution in [-0.2, 0) is 11.1 Å². The maximum absolute atomic E-state index is 13.0. The predicted molar refractivity (Wildman–Crippen MR) is 36.6 cm³/mol. The van der Waals surface area contributed by atoms with E-state index in [0.29, 0.717) is 0 Å². The van der Waals surface area contributed by atoms with Gasteiger partial charge < -0.3 is 4.55 Å². The van der Waals surface area contributed by atoms with Gasteiger partial charge in [-0.3, -0.25) is 0 Å². The molecule has 0 heterocycles. The molecular formula is C5HF11O2S. The fraction of sp³-hybridized carbons (Fsp3) is 1.00. The van der Waals surface area contributed by atoms with Crippen LogP contribution >= 0.6 is 0 Å². The minimum Gasteiger partial charge on any atom is -0.303 e. The lowest BCUT2D eigenvalue weighted by Gasteiger charge is -2.39. The molecule has 116 valence electrons. The van der Waals surface area contributed by atoms with Crippen LogP contribution in [0, 0.1) is 0 Å². The molecule has 0 spiro atoms. The van der Waals surface area contributed by atoms with Crippen molar-refractivity contribution in [2.45, 2.75) is 29.2 Å². The van der Waals surface area contributed by atoms with E-state index in [1.807, 2.05) is 0 Å². The molecule has 0 saturated carbocycles. The summed E-state index contributed by atoms with van der Waals surface area (Å²) in [6.07, 6.45) is -22.2. The monoisotopic (exact) mass is 334 g/mol. The highest BCUT2D eigenvalue weighted by Crippen LogP contribution is 2.59. The molecule has 0 saturated heterocycles. The molecule has 0 aromatic heterocycles. The standard InChI is InChI=1S/C5HF11O2S/c6-1(3(8,9)10,4(11,12)13)2(7,19(17)18)5(14,15)16/h(H,17,18). The second-order valence-electron chi connectivity index (χ2n) is 3.00. The Balaban J connectivity index is 6.54. The predicted octanol–water partition coefficient (Wildman–Crippen LogP) is 3.27. The van der Waals surface area contributed by atoms with E-state index in [1.54, 1.807) is 0 Å². The van der Waals surface area contributed by atoms with E-state index in [-0.39, 0.29) is 0 Å². The summed E-state index contributed by atoms with van der Waals surface area (Å²) in [6.45, 7) is 0. The average Bonchev–Trinajstić information content (AvgIpc) is 2.09. The molecule has 0 fully saturated rings. The lowest BCUT2D eigenvalue weighted by Crippen LogP contribution is -2.72. The quantitative estimate of drug-likeness (QED) is 0.622. The first kappa shape index (κ1) is 18.3. The smallest absolute Gasteiger partial charge is 0.303 e. The average molecular weight is 334 g/mol. The topological polar surface area (TPSA) is 37.3 Å². The van der Waals surface area contributed by atoms with Crippen LogP contribution in [0.2, 0.25) is 0 Å². The third kappa shape index (κ3) is 2.39. The summed E-state index contributed by atoms with van der Waals surface area (Å²) < 4.78 is 151. The lowest BCUT2D eigenvalue weighted by molar-refractivity contribution is -0.395. The highest BCUT2D eigenvalue weighted by molar-refractivity contribution is 7.80. The third-order valence-corrected chi connectivity index (χ3v) is 2.82. The van der Waals surface area contributed by atoms with Gasteiger partial charge in [0.05, 0.1) is 0 Å². The molecule has 0 aliphatic heterocycles. The van der Waals surface area contributed by atoms with E-state index in [9.17, 15) is 52.5 Å². The molecule has 19 heavy (non-hydrogen) atoms. The Hall–Kier alpha value is -0.660. The third-order valence-electron chi connectivity index (χ3n) is 1.83. The van der Waals surface area contributed by atoms with Gasteiger partial charge in [-0.15, -0.1) is 0 Å². The molecule has 2 nitrogen and oxygen atoms in total. The van der Waals surface area contributed by atoms with Gasteiger partial charge in [0, 0.05) is 0 Å². The Morgan fingerprint density at radius 1 is 0.632 bits per heavy atom. The van der Waals surface area contributed by atoms with Crippen LogP contribution in [-0.4, -0.2) is 38.0 Å².